The van der Waals surface area contributed by atoms with E-state index in [-0.39, 0.29) is 24.7 Å². The van der Waals surface area contributed by atoms with Crippen molar-refractivity contribution >= 4 is 29.8 Å². The van der Waals surface area contributed by atoms with Crippen molar-refractivity contribution in [1.29, 1.82) is 0 Å². The molecule has 0 radical (unpaired) electrons. The highest BCUT2D eigenvalue weighted by molar-refractivity contribution is 6.32. The lowest BCUT2D eigenvalue weighted by Crippen LogP contribution is -2.51. The maximum atomic E-state index is 12.6. The topological polar surface area (TPSA) is 87.7 Å². The van der Waals surface area contributed by atoms with Gasteiger partial charge in [-0.15, -0.1) is 0 Å². The third-order valence-corrected chi connectivity index (χ3v) is 5.53. The smallest absolute Gasteiger partial charge is 0.315 e. The molecule has 154 valence electrons. The van der Waals surface area contributed by atoms with Gasteiger partial charge in [-0.3, -0.25) is 4.79 Å². The van der Waals surface area contributed by atoms with E-state index in [1.807, 2.05) is 17.0 Å². The minimum atomic E-state index is -1.07. The van der Waals surface area contributed by atoms with Crippen LogP contribution in [0, 0.1) is 0 Å². The van der Waals surface area contributed by atoms with Crippen LogP contribution in [0.2, 0.25) is 5.02 Å². The zero-order valence-electron chi connectivity index (χ0n) is 16.6. The lowest BCUT2D eigenvalue weighted by molar-refractivity contribution is -0.132. The summed E-state index contributed by atoms with van der Waals surface area (Å²) in [5.74, 6) is 0.979. The lowest BCUT2D eigenvalue weighted by Gasteiger charge is -2.33. The molecule has 1 aromatic carbocycles. The molecule has 28 heavy (non-hydrogen) atoms. The van der Waals surface area contributed by atoms with Crippen LogP contribution >= 0.6 is 11.6 Å². The predicted octanol–water partition coefficient (Wildman–Crippen LogP) is 2.72. The molecule has 1 unspecified atom stereocenters. The molecular weight excluding hydrogens is 382 g/mol. The summed E-state index contributed by atoms with van der Waals surface area (Å²) >= 11 is 6.22. The third kappa shape index (κ3) is 5.38. The fourth-order valence-electron chi connectivity index (χ4n) is 3.50. The van der Waals surface area contributed by atoms with Gasteiger partial charge in [0.05, 0.1) is 17.7 Å². The van der Waals surface area contributed by atoms with Crippen LogP contribution in [0.1, 0.15) is 44.1 Å². The number of likely N-dealkylation sites (tertiary alicyclic amines) is 1. The number of aldehydes is 1. The van der Waals surface area contributed by atoms with E-state index < -0.39 is 11.6 Å². The Morgan fingerprint density at radius 3 is 2.61 bits per heavy atom. The van der Waals surface area contributed by atoms with Gasteiger partial charge in [-0.25, -0.2) is 4.79 Å². The highest BCUT2D eigenvalue weighted by Crippen LogP contribution is 2.38. The number of carbonyl (C=O) groups is 3. The maximum Gasteiger partial charge on any atom is 0.315 e. The number of urea groups is 1. The van der Waals surface area contributed by atoms with Gasteiger partial charge in [-0.05, 0) is 43.7 Å². The van der Waals surface area contributed by atoms with Crippen molar-refractivity contribution in [3.63, 3.8) is 0 Å². The van der Waals surface area contributed by atoms with E-state index >= 15 is 0 Å². The Morgan fingerprint density at radius 1 is 1.36 bits per heavy atom. The molecule has 0 bridgehead atoms. The average molecular weight is 410 g/mol. The van der Waals surface area contributed by atoms with E-state index in [4.69, 9.17) is 16.3 Å². The highest BCUT2D eigenvalue weighted by atomic mass is 35.5. The van der Waals surface area contributed by atoms with Gasteiger partial charge in [0.15, 0.2) is 0 Å². The first-order valence-corrected chi connectivity index (χ1v) is 9.77. The van der Waals surface area contributed by atoms with Crippen LogP contribution in [-0.4, -0.2) is 55.9 Å². The molecular formula is C20H28ClN3O4. The number of para-hydroxylation sites is 1. The number of halogens is 1. The minimum Gasteiger partial charge on any atom is -0.495 e. The molecule has 1 aromatic rings. The quantitative estimate of drug-likeness (QED) is 0.678. The number of nitrogens with zero attached hydrogens (tertiary/aromatic N) is 1. The van der Waals surface area contributed by atoms with Crippen LogP contribution < -0.4 is 15.4 Å². The zero-order valence-corrected chi connectivity index (χ0v) is 17.3. The zero-order chi connectivity index (χ0) is 20.7. The summed E-state index contributed by atoms with van der Waals surface area (Å²) in [7, 11) is 3.09. The second kappa shape index (κ2) is 9.78. The van der Waals surface area contributed by atoms with Crippen LogP contribution in [0.5, 0.6) is 5.75 Å². The van der Waals surface area contributed by atoms with Gasteiger partial charge in [0, 0.05) is 26.6 Å². The van der Waals surface area contributed by atoms with Crippen LogP contribution in [0.3, 0.4) is 0 Å². The highest BCUT2D eigenvalue weighted by Gasteiger charge is 2.30. The predicted molar refractivity (Wildman–Crippen MR) is 108 cm³/mol. The Hall–Kier alpha value is -2.28. The standard InChI is InChI=1S/C20H28ClN3O4/c1-20(13-25,23-19(27)22-2)10-7-17(26)24-11-8-14(9-12-24)15-5-4-6-16(21)18(15)28-3/h4-6,13-14H,7-12H2,1-3H3,(H2,22,23,27). The Labute approximate surface area is 170 Å². The van der Waals surface area contributed by atoms with Crippen molar-refractivity contribution in [2.75, 3.05) is 27.2 Å². The summed E-state index contributed by atoms with van der Waals surface area (Å²) in [5.41, 5.74) is 0.00722. The first kappa shape index (κ1) is 22.0. The van der Waals surface area contributed by atoms with E-state index in [2.05, 4.69) is 10.6 Å². The molecule has 1 aliphatic heterocycles. The number of hydrogen-bond donors (Lipinski definition) is 2. The Kier molecular flexibility index (Phi) is 7.69. The van der Waals surface area contributed by atoms with Gasteiger partial charge in [0.25, 0.3) is 0 Å². The van der Waals surface area contributed by atoms with Crippen LogP contribution in [0.15, 0.2) is 18.2 Å². The van der Waals surface area contributed by atoms with Crippen molar-refractivity contribution in [1.82, 2.24) is 15.5 Å². The van der Waals surface area contributed by atoms with Gasteiger partial charge in [-0.2, -0.15) is 0 Å². The van der Waals surface area contributed by atoms with Crippen LogP contribution in [0.4, 0.5) is 4.79 Å². The summed E-state index contributed by atoms with van der Waals surface area (Å²) in [5, 5.41) is 5.59. The molecule has 0 spiro atoms. The van der Waals surface area contributed by atoms with Crippen molar-refractivity contribution in [3.8, 4) is 5.75 Å². The number of amides is 3. The molecule has 2 N–H and O–H groups in total. The van der Waals surface area contributed by atoms with Crippen LogP contribution in [0.25, 0.3) is 0 Å². The molecule has 1 fully saturated rings. The molecule has 1 atom stereocenters. The Morgan fingerprint density at radius 2 is 2.04 bits per heavy atom. The number of benzene rings is 1. The van der Waals surface area contributed by atoms with E-state index in [1.165, 1.54) is 7.05 Å². The Balaban J connectivity index is 1.91. The van der Waals surface area contributed by atoms with Gasteiger partial charge in [-0.1, -0.05) is 23.7 Å². The van der Waals surface area contributed by atoms with Crippen LogP contribution in [-0.2, 0) is 9.59 Å². The minimum absolute atomic E-state index is 0.0108. The van der Waals surface area contributed by atoms with Gasteiger partial charge >= 0.3 is 6.03 Å². The maximum absolute atomic E-state index is 12.6. The summed E-state index contributed by atoms with van der Waals surface area (Å²) in [4.78, 5) is 37.2. The Bertz CT molecular complexity index is 719. The number of rotatable bonds is 7. The van der Waals surface area contributed by atoms with E-state index in [9.17, 15) is 14.4 Å². The molecule has 2 rings (SSSR count). The third-order valence-electron chi connectivity index (χ3n) is 5.23. The number of carbonyl (C=O) groups excluding carboxylic acids is 3. The second-order valence-electron chi connectivity index (χ2n) is 7.26. The summed E-state index contributed by atoms with van der Waals surface area (Å²) < 4.78 is 5.45. The van der Waals surface area contributed by atoms with Gasteiger partial charge in [0.1, 0.15) is 12.0 Å². The molecule has 3 amide bonds. The fourth-order valence-corrected chi connectivity index (χ4v) is 3.76. The second-order valence-corrected chi connectivity index (χ2v) is 7.66. The summed E-state index contributed by atoms with van der Waals surface area (Å²) in [6, 6.07) is 5.29. The summed E-state index contributed by atoms with van der Waals surface area (Å²) in [6.07, 6.45) is 2.77. The number of ether oxygens (including phenoxy) is 1. The number of hydrogen-bond acceptors (Lipinski definition) is 4. The van der Waals surface area contributed by atoms with E-state index in [0.29, 0.717) is 30.1 Å². The normalized spacial score (nSPS) is 16.8. The molecule has 7 nitrogen and oxygen atoms in total. The molecule has 1 aliphatic rings. The van der Waals surface area contributed by atoms with E-state index in [1.54, 1.807) is 20.1 Å². The number of piperidine rings is 1. The average Bonchev–Trinajstić information content (AvgIpc) is 2.71. The van der Waals surface area contributed by atoms with E-state index in [0.717, 1.165) is 18.4 Å². The number of methoxy groups -OCH3 is 1. The molecule has 0 saturated carbocycles. The number of nitrogens with one attached hydrogen (secondary N) is 2. The molecule has 0 aliphatic carbocycles. The first-order valence-electron chi connectivity index (χ1n) is 9.40. The molecule has 1 heterocycles. The van der Waals surface area contributed by atoms with Crippen molar-refractivity contribution in [2.45, 2.75) is 44.1 Å². The first-order chi connectivity index (χ1) is 13.3. The summed E-state index contributed by atoms with van der Waals surface area (Å²) in [6.45, 7) is 2.89. The SMILES string of the molecule is CNC(=O)NC(C)(C=O)CCC(=O)N1CCC(c2cccc(Cl)c2OC)CC1. The fraction of sp³-hybridized carbons (Fsp3) is 0.550. The molecule has 1 saturated heterocycles. The van der Waals surface area contributed by atoms with Gasteiger partial charge < -0.3 is 25.1 Å². The van der Waals surface area contributed by atoms with Crippen molar-refractivity contribution in [2.24, 2.45) is 0 Å². The van der Waals surface area contributed by atoms with Crippen molar-refractivity contribution in [3.05, 3.63) is 28.8 Å². The monoisotopic (exact) mass is 409 g/mol. The van der Waals surface area contributed by atoms with Gasteiger partial charge in [0.2, 0.25) is 5.91 Å². The molecule has 0 aromatic heterocycles. The lowest BCUT2D eigenvalue weighted by atomic mass is 9.88. The van der Waals surface area contributed by atoms with Crippen molar-refractivity contribution < 1.29 is 19.1 Å². The largest absolute Gasteiger partial charge is 0.495 e. The molecule has 8 heteroatoms.